The van der Waals surface area contributed by atoms with Crippen molar-refractivity contribution < 1.29 is 19.0 Å². The number of halogens is 1. The minimum absolute atomic E-state index is 0.0829. The Morgan fingerprint density at radius 1 is 1.56 bits per heavy atom. The van der Waals surface area contributed by atoms with Crippen molar-refractivity contribution in [1.82, 2.24) is 0 Å². The fourth-order valence-electron chi connectivity index (χ4n) is 2.04. The van der Waals surface area contributed by atoms with E-state index in [0.717, 1.165) is 12.8 Å². The highest BCUT2D eigenvalue weighted by Crippen LogP contribution is 2.28. The number of carboxylic acids is 1. The molecule has 0 bridgehead atoms. The molecular weight excluding hydrogens is 237 g/mol. The monoisotopic (exact) mass is 253 g/mol. The van der Waals surface area contributed by atoms with E-state index in [-0.39, 0.29) is 23.4 Å². The van der Waals surface area contributed by atoms with E-state index >= 15 is 0 Å². The van der Waals surface area contributed by atoms with Gasteiger partial charge in [0, 0.05) is 12.6 Å². The number of hydrogen-bond acceptors (Lipinski definition) is 3. The highest BCUT2D eigenvalue weighted by Gasteiger charge is 2.30. The minimum Gasteiger partial charge on any atom is -0.478 e. The van der Waals surface area contributed by atoms with Gasteiger partial charge in [-0.15, -0.1) is 0 Å². The lowest BCUT2D eigenvalue weighted by Crippen LogP contribution is -2.41. The molecular formula is C13H16FNO3. The first kappa shape index (κ1) is 12.8. The van der Waals surface area contributed by atoms with Crippen LogP contribution in [0.25, 0.3) is 0 Å². The Bertz CT molecular complexity index is 444. The molecule has 0 heterocycles. The maximum atomic E-state index is 13.5. The molecule has 1 aromatic rings. The number of rotatable bonds is 5. The van der Waals surface area contributed by atoms with Crippen molar-refractivity contribution in [2.75, 3.05) is 11.9 Å². The first-order valence-corrected chi connectivity index (χ1v) is 6.01. The second-order valence-corrected chi connectivity index (χ2v) is 4.39. The van der Waals surface area contributed by atoms with E-state index in [0.29, 0.717) is 6.61 Å². The number of hydrogen-bond donors (Lipinski definition) is 2. The van der Waals surface area contributed by atoms with E-state index in [4.69, 9.17) is 9.84 Å². The summed E-state index contributed by atoms with van der Waals surface area (Å²) in [6, 6.07) is 3.91. The maximum Gasteiger partial charge on any atom is 0.335 e. The molecule has 0 amide bonds. The summed E-state index contributed by atoms with van der Waals surface area (Å²) >= 11 is 0. The Labute approximate surface area is 105 Å². The van der Waals surface area contributed by atoms with Crippen LogP contribution in [0.1, 0.15) is 30.1 Å². The average Bonchev–Trinajstić information content (AvgIpc) is 2.28. The molecule has 1 saturated carbocycles. The summed E-state index contributed by atoms with van der Waals surface area (Å²) in [7, 11) is 0. The summed E-state index contributed by atoms with van der Waals surface area (Å²) in [4.78, 5) is 10.8. The highest BCUT2D eigenvalue weighted by molar-refractivity contribution is 5.88. The normalized spacial score (nSPS) is 22.3. The van der Waals surface area contributed by atoms with Crippen LogP contribution in [0.2, 0.25) is 0 Å². The lowest BCUT2D eigenvalue weighted by atomic mass is 9.89. The summed E-state index contributed by atoms with van der Waals surface area (Å²) < 4.78 is 18.9. The number of aromatic carboxylic acids is 1. The molecule has 5 heteroatoms. The van der Waals surface area contributed by atoms with Gasteiger partial charge in [0.15, 0.2) is 0 Å². The van der Waals surface area contributed by atoms with Crippen molar-refractivity contribution in [2.45, 2.75) is 31.9 Å². The van der Waals surface area contributed by atoms with Crippen LogP contribution in [0, 0.1) is 5.82 Å². The lowest BCUT2D eigenvalue weighted by Gasteiger charge is -2.36. The van der Waals surface area contributed by atoms with Gasteiger partial charge in [-0.3, -0.25) is 0 Å². The van der Waals surface area contributed by atoms with Gasteiger partial charge in [0.2, 0.25) is 0 Å². The van der Waals surface area contributed by atoms with Crippen molar-refractivity contribution in [3.63, 3.8) is 0 Å². The first-order valence-electron chi connectivity index (χ1n) is 6.01. The summed E-state index contributed by atoms with van der Waals surface area (Å²) in [6.07, 6.45) is 1.88. The van der Waals surface area contributed by atoms with Crippen molar-refractivity contribution in [2.24, 2.45) is 0 Å². The second kappa shape index (κ2) is 5.35. The molecule has 0 spiro atoms. The van der Waals surface area contributed by atoms with E-state index in [2.05, 4.69) is 5.32 Å². The molecule has 4 nitrogen and oxygen atoms in total. The Balaban J connectivity index is 1.97. The molecule has 0 saturated heterocycles. The number of carbonyl (C=O) groups is 1. The molecule has 0 unspecified atom stereocenters. The zero-order valence-corrected chi connectivity index (χ0v) is 10.1. The van der Waals surface area contributed by atoms with Gasteiger partial charge in [0.05, 0.1) is 17.4 Å². The van der Waals surface area contributed by atoms with E-state index in [1.165, 1.54) is 18.2 Å². The van der Waals surface area contributed by atoms with Crippen molar-refractivity contribution in [3.05, 3.63) is 29.6 Å². The van der Waals surface area contributed by atoms with Gasteiger partial charge in [-0.1, -0.05) is 0 Å². The predicted molar refractivity (Wildman–Crippen MR) is 65.4 cm³/mol. The molecule has 2 rings (SSSR count). The third-order valence-corrected chi connectivity index (χ3v) is 3.07. The van der Waals surface area contributed by atoms with Crippen LogP contribution in [0.15, 0.2) is 18.2 Å². The third kappa shape index (κ3) is 2.79. The van der Waals surface area contributed by atoms with Crippen LogP contribution in [0.3, 0.4) is 0 Å². The lowest BCUT2D eigenvalue weighted by molar-refractivity contribution is 0.00292. The topological polar surface area (TPSA) is 58.6 Å². The van der Waals surface area contributed by atoms with Gasteiger partial charge >= 0.3 is 5.97 Å². The number of carboxylic acid groups (broad SMARTS) is 1. The number of nitrogens with one attached hydrogen (secondary N) is 1. The summed E-state index contributed by atoms with van der Waals surface area (Å²) in [5, 5.41) is 11.9. The van der Waals surface area contributed by atoms with E-state index < -0.39 is 11.8 Å². The number of anilines is 1. The molecule has 98 valence electrons. The molecule has 1 fully saturated rings. The second-order valence-electron chi connectivity index (χ2n) is 4.39. The molecule has 2 N–H and O–H groups in total. The zero-order chi connectivity index (χ0) is 13.1. The van der Waals surface area contributed by atoms with Gasteiger partial charge in [0.1, 0.15) is 5.82 Å². The molecule has 1 aliphatic carbocycles. The number of benzene rings is 1. The Hall–Kier alpha value is -1.62. The SMILES string of the molecule is CCOC1CC(Nc2cc(C(=O)O)ccc2F)C1. The van der Waals surface area contributed by atoms with Gasteiger partial charge in [-0.2, -0.15) is 0 Å². The fraction of sp³-hybridized carbons (Fsp3) is 0.462. The Morgan fingerprint density at radius 2 is 2.28 bits per heavy atom. The summed E-state index contributed by atoms with van der Waals surface area (Å²) in [5.74, 6) is -1.49. The third-order valence-electron chi connectivity index (χ3n) is 3.07. The zero-order valence-electron chi connectivity index (χ0n) is 10.1. The van der Waals surface area contributed by atoms with Crippen LogP contribution in [0.5, 0.6) is 0 Å². The average molecular weight is 253 g/mol. The van der Waals surface area contributed by atoms with E-state index in [9.17, 15) is 9.18 Å². The van der Waals surface area contributed by atoms with Crippen LogP contribution in [-0.4, -0.2) is 29.8 Å². The Morgan fingerprint density at radius 3 is 2.89 bits per heavy atom. The van der Waals surface area contributed by atoms with Crippen LogP contribution >= 0.6 is 0 Å². The summed E-state index contributed by atoms with van der Waals surface area (Å²) in [6.45, 7) is 2.62. The molecule has 0 aromatic heterocycles. The van der Waals surface area contributed by atoms with Gasteiger partial charge < -0.3 is 15.2 Å². The quantitative estimate of drug-likeness (QED) is 0.846. The fourth-order valence-corrected chi connectivity index (χ4v) is 2.04. The highest BCUT2D eigenvalue weighted by atomic mass is 19.1. The predicted octanol–water partition coefficient (Wildman–Crippen LogP) is 2.50. The molecule has 0 radical (unpaired) electrons. The van der Waals surface area contributed by atoms with Crippen LogP contribution in [0.4, 0.5) is 10.1 Å². The minimum atomic E-state index is -1.06. The van der Waals surface area contributed by atoms with Crippen LogP contribution < -0.4 is 5.32 Å². The standard InChI is InChI=1S/C13H16FNO3/c1-2-18-10-6-9(7-10)15-12-5-8(13(16)17)3-4-11(12)14/h3-5,9-10,15H,2,6-7H2,1H3,(H,16,17). The van der Waals surface area contributed by atoms with Crippen molar-refractivity contribution in [1.29, 1.82) is 0 Å². The van der Waals surface area contributed by atoms with E-state index in [1.54, 1.807) is 0 Å². The Kier molecular flexibility index (Phi) is 3.81. The van der Waals surface area contributed by atoms with E-state index in [1.807, 2.05) is 6.92 Å². The molecule has 0 aliphatic heterocycles. The molecule has 1 aliphatic rings. The number of ether oxygens (including phenoxy) is 1. The van der Waals surface area contributed by atoms with Gasteiger partial charge in [-0.05, 0) is 38.0 Å². The largest absolute Gasteiger partial charge is 0.478 e. The maximum absolute atomic E-state index is 13.5. The van der Waals surface area contributed by atoms with Crippen molar-refractivity contribution >= 4 is 11.7 Å². The molecule has 18 heavy (non-hydrogen) atoms. The molecule has 0 atom stereocenters. The van der Waals surface area contributed by atoms with Gasteiger partial charge in [-0.25, -0.2) is 9.18 Å². The van der Waals surface area contributed by atoms with Crippen LogP contribution in [-0.2, 0) is 4.74 Å². The first-order chi connectivity index (χ1) is 8.60. The van der Waals surface area contributed by atoms with Gasteiger partial charge in [0.25, 0.3) is 0 Å². The summed E-state index contributed by atoms with van der Waals surface area (Å²) in [5.41, 5.74) is 0.328. The smallest absolute Gasteiger partial charge is 0.335 e. The molecule has 1 aromatic carbocycles. The van der Waals surface area contributed by atoms with Crippen molar-refractivity contribution in [3.8, 4) is 0 Å².